The van der Waals surface area contributed by atoms with Gasteiger partial charge in [-0.25, -0.2) is 4.98 Å². The molecule has 3 heterocycles. The fourth-order valence-corrected chi connectivity index (χ4v) is 4.07. The van der Waals surface area contributed by atoms with Crippen LogP contribution in [0.25, 0.3) is 0 Å². The van der Waals surface area contributed by atoms with Gasteiger partial charge in [-0.05, 0) is 35.7 Å². The summed E-state index contributed by atoms with van der Waals surface area (Å²) in [6.07, 6.45) is 5.16. The minimum absolute atomic E-state index is 0.0688. The van der Waals surface area contributed by atoms with E-state index in [1.54, 1.807) is 54.3 Å². The van der Waals surface area contributed by atoms with Gasteiger partial charge in [0, 0.05) is 45.5 Å². The summed E-state index contributed by atoms with van der Waals surface area (Å²) in [5.74, 6) is 0.373. The SMILES string of the molecule is C[C@H](CN[C@@H](C(=O)Nc1ccc(N2CCN(C)C(=O)C2)cn1)c1cnn(C)c1)c1ccc(C#N)cc1. The van der Waals surface area contributed by atoms with E-state index in [2.05, 4.69) is 33.7 Å². The second kappa shape index (κ2) is 11.0. The molecule has 2 N–H and O–H groups in total. The molecule has 0 saturated carbocycles. The van der Waals surface area contributed by atoms with Crippen molar-refractivity contribution in [3.63, 3.8) is 0 Å². The van der Waals surface area contributed by atoms with E-state index in [0.717, 1.165) is 23.4 Å². The third-order valence-electron chi connectivity index (χ3n) is 6.38. The number of aryl methyl sites for hydroxylation is 1. The van der Waals surface area contributed by atoms with Crippen molar-refractivity contribution in [3.8, 4) is 6.07 Å². The highest BCUT2D eigenvalue weighted by atomic mass is 16.2. The number of amides is 2. The molecule has 1 aliphatic rings. The lowest BCUT2D eigenvalue weighted by atomic mass is 9.99. The standard InChI is InChI=1S/C26H30N8O2/c1-18(20-6-4-19(12-27)5-7-20)13-29-25(21-14-30-33(3)16-21)26(36)31-23-9-8-22(15-28-23)34-11-10-32(2)24(35)17-34/h4-9,14-16,18,25,29H,10-11,13,17H2,1-3H3,(H,28,31,36)/t18-,25-/m1/s1. The van der Waals surface area contributed by atoms with Crippen LogP contribution in [0.4, 0.5) is 11.5 Å². The van der Waals surface area contributed by atoms with Crippen molar-refractivity contribution in [2.45, 2.75) is 18.9 Å². The van der Waals surface area contributed by atoms with Gasteiger partial charge in [-0.1, -0.05) is 19.1 Å². The highest BCUT2D eigenvalue weighted by Crippen LogP contribution is 2.21. The molecule has 10 nitrogen and oxygen atoms in total. The molecule has 0 bridgehead atoms. The van der Waals surface area contributed by atoms with Crippen molar-refractivity contribution < 1.29 is 9.59 Å². The van der Waals surface area contributed by atoms with Crippen molar-refractivity contribution in [2.75, 3.05) is 43.4 Å². The van der Waals surface area contributed by atoms with E-state index in [1.165, 1.54) is 0 Å². The molecule has 3 aromatic rings. The lowest BCUT2D eigenvalue weighted by Crippen LogP contribution is -2.48. The number of nitriles is 1. The second-order valence-electron chi connectivity index (χ2n) is 9.05. The molecule has 1 fully saturated rings. The number of nitrogens with one attached hydrogen (secondary N) is 2. The number of hydrogen-bond donors (Lipinski definition) is 2. The predicted molar refractivity (Wildman–Crippen MR) is 136 cm³/mol. The topological polar surface area (TPSA) is 119 Å². The summed E-state index contributed by atoms with van der Waals surface area (Å²) >= 11 is 0. The van der Waals surface area contributed by atoms with E-state index < -0.39 is 6.04 Å². The Morgan fingerprint density at radius 1 is 1.11 bits per heavy atom. The van der Waals surface area contributed by atoms with Crippen molar-refractivity contribution in [1.29, 1.82) is 5.26 Å². The zero-order valence-electron chi connectivity index (χ0n) is 20.7. The van der Waals surface area contributed by atoms with Gasteiger partial charge in [-0.3, -0.25) is 14.3 Å². The van der Waals surface area contributed by atoms with Gasteiger partial charge < -0.3 is 20.4 Å². The molecule has 10 heteroatoms. The molecule has 2 atom stereocenters. The van der Waals surface area contributed by atoms with Crippen LogP contribution in [0.15, 0.2) is 55.0 Å². The molecule has 2 amide bonds. The van der Waals surface area contributed by atoms with Crippen LogP contribution in [-0.4, -0.2) is 64.7 Å². The first-order valence-corrected chi connectivity index (χ1v) is 11.8. The fourth-order valence-electron chi connectivity index (χ4n) is 4.07. The van der Waals surface area contributed by atoms with Crippen molar-refractivity contribution in [1.82, 2.24) is 25.0 Å². The van der Waals surface area contributed by atoms with Gasteiger partial charge in [-0.15, -0.1) is 0 Å². The Morgan fingerprint density at radius 3 is 2.50 bits per heavy atom. The number of carbonyl (C=O) groups excluding carboxylic acids is 2. The molecule has 0 spiro atoms. The maximum atomic E-state index is 13.3. The maximum absolute atomic E-state index is 13.3. The zero-order chi connectivity index (χ0) is 25.7. The number of rotatable bonds is 8. The quantitative estimate of drug-likeness (QED) is 0.500. The summed E-state index contributed by atoms with van der Waals surface area (Å²) in [4.78, 5) is 33.4. The number of carbonyl (C=O) groups is 2. The summed E-state index contributed by atoms with van der Waals surface area (Å²) in [6.45, 7) is 4.32. The van der Waals surface area contributed by atoms with Crippen LogP contribution in [-0.2, 0) is 16.6 Å². The summed E-state index contributed by atoms with van der Waals surface area (Å²) in [5, 5.41) is 19.5. The normalized spacial score (nSPS) is 15.3. The van der Waals surface area contributed by atoms with Gasteiger partial charge >= 0.3 is 0 Å². The Morgan fingerprint density at radius 2 is 1.89 bits per heavy atom. The highest BCUT2D eigenvalue weighted by Gasteiger charge is 2.24. The molecule has 1 aliphatic heterocycles. The number of piperazine rings is 1. The fraction of sp³-hybridized carbons (Fsp3) is 0.346. The van der Waals surface area contributed by atoms with Gasteiger partial charge in [0.15, 0.2) is 0 Å². The lowest BCUT2D eigenvalue weighted by Gasteiger charge is -2.33. The van der Waals surface area contributed by atoms with Crippen molar-refractivity contribution in [3.05, 3.63) is 71.7 Å². The number of aromatic nitrogens is 3. The minimum Gasteiger partial charge on any atom is -0.359 e. The van der Waals surface area contributed by atoms with Crippen LogP contribution in [0.1, 0.15) is 35.6 Å². The van der Waals surface area contributed by atoms with Gasteiger partial charge in [-0.2, -0.15) is 10.4 Å². The number of likely N-dealkylation sites (N-methyl/N-ethyl adjacent to an activating group) is 1. The maximum Gasteiger partial charge on any atom is 0.247 e. The Hall–Kier alpha value is -4.23. The van der Waals surface area contributed by atoms with E-state index in [0.29, 0.717) is 31.0 Å². The molecule has 1 saturated heterocycles. The summed E-state index contributed by atoms with van der Waals surface area (Å²) in [6, 6.07) is 12.6. The zero-order valence-corrected chi connectivity index (χ0v) is 20.7. The number of hydrogen-bond acceptors (Lipinski definition) is 7. The first-order valence-electron chi connectivity index (χ1n) is 11.8. The van der Waals surface area contributed by atoms with E-state index in [4.69, 9.17) is 5.26 Å². The van der Waals surface area contributed by atoms with E-state index in [9.17, 15) is 9.59 Å². The molecular weight excluding hydrogens is 456 g/mol. The van der Waals surface area contributed by atoms with Crippen LogP contribution >= 0.6 is 0 Å². The molecule has 36 heavy (non-hydrogen) atoms. The molecule has 2 aromatic heterocycles. The smallest absolute Gasteiger partial charge is 0.247 e. The number of benzene rings is 1. The first-order chi connectivity index (χ1) is 17.3. The van der Waals surface area contributed by atoms with E-state index in [-0.39, 0.29) is 17.7 Å². The Balaban J connectivity index is 1.42. The molecule has 0 aliphatic carbocycles. The third kappa shape index (κ3) is 5.87. The Labute approximate surface area is 210 Å². The Kier molecular flexibility index (Phi) is 7.61. The minimum atomic E-state index is -0.628. The van der Waals surface area contributed by atoms with Crippen LogP contribution in [0.5, 0.6) is 0 Å². The van der Waals surface area contributed by atoms with Gasteiger partial charge in [0.1, 0.15) is 11.9 Å². The average Bonchev–Trinajstić information content (AvgIpc) is 3.32. The van der Waals surface area contributed by atoms with Crippen LogP contribution in [0.3, 0.4) is 0 Å². The summed E-state index contributed by atoms with van der Waals surface area (Å²) in [5.41, 5.74) is 3.28. The van der Waals surface area contributed by atoms with Crippen LogP contribution in [0, 0.1) is 11.3 Å². The predicted octanol–water partition coefficient (Wildman–Crippen LogP) is 2.04. The molecule has 4 rings (SSSR count). The largest absolute Gasteiger partial charge is 0.359 e. The van der Waals surface area contributed by atoms with Crippen molar-refractivity contribution in [2.24, 2.45) is 7.05 Å². The van der Waals surface area contributed by atoms with Crippen LogP contribution < -0.4 is 15.5 Å². The molecule has 1 aromatic carbocycles. The van der Waals surface area contributed by atoms with Gasteiger partial charge in [0.2, 0.25) is 11.8 Å². The average molecular weight is 487 g/mol. The third-order valence-corrected chi connectivity index (χ3v) is 6.38. The number of nitrogens with zero attached hydrogens (tertiary/aromatic N) is 6. The molecule has 0 radical (unpaired) electrons. The van der Waals surface area contributed by atoms with Crippen molar-refractivity contribution >= 4 is 23.3 Å². The summed E-state index contributed by atoms with van der Waals surface area (Å²) < 4.78 is 1.66. The monoisotopic (exact) mass is 486 g/mol. The number of pyridine rings is 1. The summed E-state index contributed by atoms with van der Waals surface area (Å²) in [7, 11) is 3.61. The van der Waals surface area contributed by atoms with Crippen LogP contribution in [0.2, 0.25) is 0 Å². The number of anilines is 2. The molecular formula is C26H30N8O2. The molecule has 0 unspecified atom stereocenters. The van der Waals surface area contributed by atoms with Gasteiger partial charge in [0.05, 0.1) is 36.3 Å². The highest BCUT2D eigenvalue weighted by molar-refractivity contribution is 5.94. The lowest BCUT2D eigenvalue weighted by molar-refractivity contribution is -0.129. The molecule has 186 valence electrons. The van der Waals surface area contributed by atoms with Gasteiger partial charge in [0.25, 0.3) is 0 Å². The Bertz CT molecular complexity index is 1250. The second-order valence-corrected chi connectivity index (χ2v) is 9.05. The first kappa shape index (κ1) is 24.9. The van der Waals surface area contributed by atoms with E-state index >= 15 is 0 Å². The van der Waals surface area contributed by atoms with E-state index in [1.807, 2.05) is 29.3 Å².